The van der Waals surface area contributed by atoms with Gasteiger partial charge < -0.3 is 9.64 Å². The molecule has 0 aliphatic carbocycles. The van der Waals surface area contributed by atoms with E-state index >= 15 is 0 Å². The Kier molecular flexibility index (Phi) is 4.90. The number of rotatable bonds is 6. The first-order valence-corrected chi connectivity index (χ1v) is 7.01. The molecule has 0 saturated heterocycles. The summed E-state index contributed by atoms with van der Waals surface area (Å²) in [5.41, 5.74) is 0.530. The highest BCUT2D eigenvalue weighted by molar-refractivity contribution is 7.09. The number of likely N-dealkylation sites (N-methyl/N-ethyl adjacent to an activating group) is 1. The SMILES string of the molecule is CN(Cc1cccs1)C(=O)COc1cccc(C=O)c1. The average molecular weight is 289 g/mol. The summed E-state index contributed by atoms with van der Waals surface area (Å²) < 4.78 is 5.40. The Morgan fingerprint density at radius 2 is 2.20 bits per heavy atom. The van der Waals surface area contributed by atoms with E-state index in [1.165, 1.54) is 0 Å². The van der Waals surface area contributed by atoms with Crippen LogP contribution in [0.1, 0.15) is 15.2 Å². The topological polar surface area (TPSA) is 46.6 Å². The highest BCUT2D eigenvalue weighted by Gasteiger charge is 2.10. The highest BCUT2D eigenvalue weighted by Crippen LogP contribution is 2.13. The maximum atomic E-state index is 11.9. The first-order valence-electron chi connectivity index (χ1n) is 6.13. The minimum atomic E-state index is -0.102. The predicted octanol–water partition coefficient (Wildman–Crippen LogP) is 2.60. The normalized spacial score (nSPS) is 10.1. The molecule has 104 valence electrons. The Hall–Kier alpha value is -2.14. The van der Waals surface area contributed by atoms with Crippen molar-refractivity contribution < 1.29 is 14.3 Å². The van der Waals surface area contributed by atoms with E-state index in [0.717, 1.165) is 11.2 Å². The van der Waals surface area contributed by atoms with Gasteiger partial charge in [-0.15, -0.1) is 11.3 Å². The first kappa shape index (κ1) is 14.3. The molecular formula is C15H15NO3S. The second-order valence-corrected chi connectivity index (χ2v) is 5.34. The van der Waals surface area contributed by atoms with Crippen LogP contribution in [0.2, 0.25) is 0 Å². The summed E-state index contributed by atoms with van der Waals surface area (Å²) >= 11 is 1.61. The molecule has 0 saturated carbocycles. The molecular weight excluding hydrogens is 274 g/mol. The monoisotopic (exact) mass is 289 g/mol. The molecule has 4 nitrogen and oxygen atoms in total. The van der Waals surface area contributed by atoms with Gasteiger partial charge in [0.15, 0.2) is 6.61 Å². The number of benzene rings is 1. The van der Waals surface area contributed by atoms with Crippen molar-refractivity contribution in [3.63, 3.8) is 0 Å². The molecule has 0 atom stereocenters. The van der Waals surface area contributed by atoms with E-state index in [9.17, 15) is 9.59 Å². The van der Waals surface area contributed by atoms with E-state index in [1.54, 1.807) is 47.5 Å². The second-order valence-electron chi connectivity index (χ2n) is 4.31. The lowest BCUT2D eigenvalue weighted by atomic mass is 10.2. The molecule has 20 heavy (non-hydrogen) atoms. The van der Waals surface area contributed by atoms with Crippen LogP contribution < -0.4 is 4.74 Å². The molecule has 1 aromatic heterocycles. The zero-order valence-electron chi connectivity index (χ0n) is 11.1. The lowest BCUT2D eigenvalue weighted by molar-refractivity contribution is -0.132. The Labute approximate surface area is 121 Å². The first-order chi connectivity index (χ1) is 9.69. The maximum Gasteiger partial charge on any atom is 0.260 e. The molecule has 0 unspecified atom stereocenters. The van der Waals surface area contributed by atoms with Gasteiger partial charge in [-0.05, 0) is 23.6 Å². The number of hydrogen-bond donors (Lipinski definition) is 0. The molecule has 0 N–H and O–H groups in total. The molecule has 0 fully saturated rings. The van der Waals surface area contributed by atoms with Crippen molar-refractivity contribution in [3.8, 4) is 5.75 Å². The van der Waals surface area contributed by atoms with Gasteiger partial charge in [0, 0.05) is 17.5 Å². The number of hydrogen-bond acceptors (Lipinski definition) is 4. The fraction of sp³-hybridized carbons (Fsp3) is 0.200. The molecule has 5 heteroatoms. The number of carbonyl (C=O) groups excluding carboxylic acids is 2. The van der Waals surface area contributed by atoms with Crippen molar-refractivity contribution >= 4 is 23.5 Å². The zero-order chi connectivity index (χ0) is 14.4. The predicted molar refractivity (Wildman–Crippen MR) is 78.1 cm³/mol. The lowest BCUT2D eigenvalue weighted by Gasteiger charge is -2.16. The van der Waals surface area contributed by atoms with Crippen molar-refractivity contribution in [1.82, 2.24) is 4.90 Å². The summed E-state index contributed by atoms with van der Waals surface area (Å²) in [4.78, 5) is 25.3. The Morgan fingerprint density at radius 3 is 2.90 bits per heavy atom. The standard InChI is InChI=1S/C15H15NO3S/c1-16(9-14-6-3-7-20-14)15(18)11-19-13-5-2-4-12(8-13)10-17/h2-8,10H,9,11H2,1H3. The molecule has 0 aliphatic heterocycles. The molecule has 2 rings (SSSR count). The fourth-order valence-corrected chi connectivity index (χ4v) is 2.41. The van der Waals surface area contributed by atoms with E-state index in [-0.39, 0.29) is 12.5 Å². The number of amides is 1. The summed E-state index contributed by atoms with van der Waals surface area (Å²) in [6, 6.07) is 10.7. The number of thiophene rings is 1. The van der Waals surface area contributed by atoms with Crippen LogP contribution in [-0.2, 0) is 11.3 Å². The Morgan fingerprint density at radius 1 is 1.35 bits per heavy atom. The summed E-state index contributed by atoms with van der Waals surface area (Å²) in [5, 5.41) is 1.98. The number of ether oxygens (including phenoxy) is 1. The minimum Gasteiger partial charge on any atom is -0.484 e. The van der Waals surface area contributed by atoms with Crippen LogP contribution in [0.4, 0.5) is 0 Å². The lowest BCUT2D eigenvalue weighted by Crippen LogP contribution is -2.30. The fourth-order valence-electron chi connectivity index (χ4n) is 1.66. The van der Waals surface area contributed by atoms with Gasteiger partial charge in [0.25, 0.3) is 5.91 Å². The van der Waals surface area contributed by atoms with E-state index in [4.69, 9.17) is 4.74 Å². The third kappa shape index (κ3) is 3.93. The van der Waals surface area contributed by atoms with Crippen LogP contribution in [-0.4, -0.2) is 30.7 Å². The van der Waals surface area contributed by atoms with Crippen LogP contribution in [0, 0.1) is 0 Å². The zero-order valence-corrected chi connectivity index (χ0v) is 11.9. The molecule has 1 aromatic carbocycles. The molecule has 0 bridgehead atoms. The third-order valence-corrected chi connectivity index (χ3v) is 3.62. The largest absolute Gasteiger partial charge is 0.484 e. The third-order valence-electron chi connectivity index (χ3n) is 2.76. The Bertz CT molecular complexity index is 581. The van der Waals surface area contributed by atoms with Crippen molar-refractivity contribution in [2.24, 2.45) is 0 Å². The molecule has 1 heterocycles. The van der Waals surface area contributed by atoms with Crippen molar-refractivity contribution in [2.75, 3.05) is 13.7 Å². The van der Waals surface area contributed by atoms with Crippen LogP contribution in [0.5, 0.6) is 5.75 Å². The summed E-state index contributed by atoms with van der Waals surface area (Å²) in [7, 11) is 1.74. The molecule has 0 aliphatic rings. The second kappa shape index (κ2) is 6.86. The van der Waals surface area contributed by atoms with Crippen molar-refractivity contribution in [3.05, 3.63) is 52.2 Å². The van der Waals surface area contributed by atoms with Gasteiger partial charge in [0.1, 0.15) is 12.0 Å². The van der Waals surface area contributed by atoms with Gasteiger partial charge >= 0.3 is 0 Å². The van der Waals surface area contributed by atoms with E-state index in [1.807, 2.05) is 17.5 Å². The number of carbonyl (C=O) groups is 2. The maximum absolute atomic E-state index is 11.9. The van der Waals surface area contributed by atoms with Crippen LogP contribution in [0.3, 0.4) is 0 Å². The molecule has 2 aromatic rings. The van der Waals surface area contributed by atoms with Crippen molar-refractivity contribution in [1.29, 1.82) is 0 Å². The van der Waals surface area contributed by atoms with E-state index in [2.05, 4.69) is 0 Å². The van der Waals surface area contributed by atoms with Gasteiger partial charge in [-0.2, -0.15) is 0 Å². The Balaban J connectivity index is 1.86. The number of nitrogens with zero attached hydrogens (tertiary/aromatic N) is 1. The molecule has 0 spiro atoms. The quantitative estimate of drug-likeness (QED) is 0.768. The van der Waals surface area contributed by atoms with Crippen LogP contribution in [0.25, 0.3) is 0 Å². The summed E-state index contributed by atoms with van der Waals surface area (Å²) in [5.74, 6) is 0.419. The molecule has 1 amide bonds. The van der Waals surface area contributed by atoms with E-state index < -0.39 is 0 Å². The van der Waals surface area contributed by atoms with Gasteiger partial charge in [-0.1, -0.05) is 18.2 Å². The molecule has 0 radical (unpaired) electrons. The number of aldehydes is 1. The average Bonchev–Trinajstić information content (AvgIpc) is 2.97. The van der Waals surface area contributed by atoms with Gasteiger partial charge in [-0.3, -0.25) is 9.59 Å². The minimum absolute atomic E-state index is 0.0375. The van der Waals surface area contributed by atoms with Crippen LogP contribution >= 0.6 is 11.3 Å². The summed E-state index contributed by atoms with van der Waals surface area (Å²) in [6.45, 7) is 0.540. The van der Waals surface area contributed by atoms with Gasteiger partial charge in [-0.25, -0.2) is 0 Å². The van der Waals surface area contributed by atoms with E-state index in [0.29, 0.717) is 17.9 Å². The van der Waals surface area contributed by atoms with Gasteiger partial charge in [0.05, 0.1) is 6.54 Å². The van der Waals surface area contributed by atoms with Gasteiger partial charge in [0.2, 0.25) is 0 Å². The van der Waals surface area contributed by atoms with Crippen molar-refractivity contribution in [2.45, 2.75) is 6.54 Å². The highest BCUT2D eigenvalue weighted by atomic mass is 32.1. The van der Waals surface area contributed by atoms with Crippen LogP contribution in [0.15, 0.2) is 41.8 Å². The summed E-state index contributed by atoms with van der Waals surface area (Å²) in [6.07, 6.45) is 0.748. The smallest absolute Gasteiger partial charge is 0.260 e.